The van der Waals surface area contributed by atoms with E-state index in [4.69, 9.17) is 0 Å². The Morgan fingerprint density at radius 2 is 1.76 bits per heavy atom. The molecule has 0 N–H and O–H groups in total. The molecule has 3 amide bonds. The summed E-state index contributed by atoms with van der Waals surface area (Å²) in [6, 6.07) is 10.2. The Bertz CT molecular complexity index is 787. The van der Waals surface area contributed by atoms with Crippen molar-refractivity contribution in [2.75, 3.05) is 25.4 Å². The molecule has 2 heterocycles. The number of carbonyl (C=O) groups excluding carboxylic acids is 3. The van der Waals surface area contributed by atoms with Crippen LogP contribution in [0.4, 0.5) is 0 Å². The van der Waals surface area contributed by atoms with Crippen LogP contribution in [-0.4, -0.2) is 58.1 Å². The molecule has 4 rings (SSSR count). The minimum Gasteiger partial charge on any atom is -0.291 e. The quantitative estimate of drug-likeness (QED) is 0.673. The maximum atomic E-state index is 12.8. The largest absolute Gasteiger partial charge is 0.291 e. The molecule has 154 valence electrons. The van der Waals surface area contributed by atoms with Gasteiger partial charge in [0.15, 0.2) is 5.17 Å². The van der Waals surface area contributed by atoms with Crippen molar-refractivity contribution >= 4 is 34.7 Å². The molecule has 3 aliphatic rings. The van der Waals surface area contributed by atoms with Gasteiger partial charge >= 0.3 is 0 Å². The number of imide groups is 1. The normalized spacial score (nSPS) is 25.7. The highest BCUT2D eigenvalue weighted by molar-refractivity contribution is 8.14. The second-order valence-corrected chi connectivity index (χ2v) is 8.93. The number of hydrogen-bond acceptors (Lipinski definition) is 5. The predicted molar refractivity (Wildman–Crippen MR) is 113 cm³/mol. The molecule has 29 heavy (non-hydrogen) atoms. The summed E-state index contributed by atoms with van der Waals surface area (Å²) in [5.74, 6) is 0.346. The molecule has 2 atom stereocenters. The molecular weight excluding hydrogens is 386 g/mol. The molecular formula is C22H27N3O3S. The fourth-order valence-corrected chi connectivity index (χ4v) is 5.47. The number of aliphatic imine (C=N–C) groups is 1. The predicted octanol–water partition coefficient (Wildman–Crippen LogP) is 2.73. The number of rotatable bonds is 6. The molecule has 1 aliphatic carbocycles. The SMILES string of the molecule is O=C(CCN1C(=O)[C@@H]2CCCC[C@H]2C1=O)N1CCSC1=NCCc1ccccc1. The van der Waals surface area contributed by atoms with Crippen LogP contribution in [0.15, 0.2) is 35.3 Å². The van der Waals surface area contributed by atoms with Crippen molar-refractivity contribution in [3.63, 3.8) is 0 Å². The number of fused-ring (bicyclic) bond motifs is 1. The number of hydrogen-bond donors (Lipinski definition) is 0. The number of nitrogens with zero attached hydrogens (tertiary/aromatic N) is 3. The first-order valence-corrected chi connectivity index (χ1v) is 11.5. The van der Waals surface area contributed by atoms with E-state index in [0.717, 1.165) is 43.0 Å². The molecule has 2 aliphatic heterocycles. The third-order valence-electron chi connectivity index (χ3n) is 6.05. The summed E-state index contributed by atoms with van der Waals surface area (Å²) in [7, 11) is 0. The van der Waals surface area contributed by atoms with Gasteiger partial charge in [-0.3, -0.25) is 29.2 Å². The zero-order valence-electron chi connectivity index (χ0n) is 16.6. The molecule has 0 aromatic heterocycles. The molecule has 1 aromatic carbocycles. The summed E-state index contributed by atoms with van der Waals surface area (Å²) in [5, 5.41) is 0.763. The number of thioether (sulfide) groups is 1. The van der Waals surface area contributed by atoms with Gasteiger partial charge in [-0.05, 0) is 24.8 Å². The highest BCUT2D eigenvalue weighted by Gasteiger charge is 2.48. The Kier molecular flexibility index (Phi) is 6.33. The lowest BCUT2D eigenvalue weighted by molar-refractivity contribution is -0.140. The van der Waals surface area contributed by atoms with E-state index in [-0.39, 0.29) is 42.5 Å². The summed E-state index contributed by atoms with van der Waals surface area (Å²) in [6.45, 7) is 1.48. The number of amidine groups is 1. The summed E-state index contributed by atoms with van der Waals surface area (Å²) in [6.07, 6.45) is 4.66. The average molecular weight is 414 g/mol. The molecule has 0 radical (unpaired) electrons. The Morgan fingerprint density at radius 3 is 2.45 bits per heavy atom. The summed E-state index contributed by atoms with van der Waals surface area (Å²) >= 11 is 1.60. The molecule has 0 spiro atoms. The van der Waals surface area contributed by atoms with Crippen molar-refractivity contribution < 1.29 is 14.4 Å². The van der Waals surface area contributed by atoms with E-state index in [1.807, 2.05) is 18.2 Å². The second kappa shape index (κ2) is 9.11. The Morgan fingerprint density at radius 1 is 1.07 bits per heavy atom. The molecule has 2 saturated heterocycles. The van der Waals surface area contributed by atoms with Crippen molar-refractivity contribution in [3.8, 4) is 0 Å². The molecule has 0 bridgehead atoms. The second-order valence-electron chi connectivity index (χ2n) is 7.87. The Balaban J connectivity index is 1.31. The minimum atomic E-state index is -0.149. The zero-order valence-corrected chi connectivity index (χ0v) is 17.4. The molecule has 1 aromatic rings. The van der Waals surface area contributed by atoms with Gasteiger partial charge in [-0.15, -0.1) is 0 Å². The lowest BCUT2D eigenvalue weighted by atomic mass is 9.81. The highest BCUT2D eigenvalue weighted by Crippen LogP contribution is 2.38. The van der Waals surface area contributed by atoms with E-state index in [0.29, 0.717) is 13.1 Å². The standard InChI is InChI=1S/C22H27N3O3S/c26-19(11-13-25-20(27)17-8-4-5-9-18(17)21(25)28)24-14-15-29-22(24)23-12-10-16-6-2-1-3-7-16/h1-3,6-7,17-18H,4-5,8-15H2/t17-,18-/m1/s1. The Labute approximate surface area is 175 Å². The van der Waals surface area contributed by atoms with Crippen LogP contribution in [0.1, 0.15) is 37.7 Å². The first kappa shape index (κ1) is 20.1. The number of carbonyl (C=O) groups is 3. The van der Waals surface area contributed by atoms with Crippen LogP contribution in [0.2, 0.25) is 0 Å². The molecule has 0 unspecified atom stereocenters. The van der Waals surface area contributed by atoms with Crippen LogP contribution in [0, 0.1) is 11.8 Å². The maximum Gasteiger partial charge on any atom is 0.233 e. The van der Waals surface area contributed by atoms with E-state index in [9.17, 15) is 14.4 Å². The first-order chi connectivity index (χ1) is 14.1. The number of amides is 3. The topological polar surface area (TPSA) is 70.1 Å². The Hall–Kier alpha value is -2.15. The van der Waals surface area contributed by atoms with Gasteiger partial charge in [0.25, 0.3) is 0 Å². The first-order valence-electron chi connectivity index (χ1n) is 10.5. The van der Waals surface area contributed by atoms with Crippen molar-refractivity contribution in [3.05, 3.63) is 35.9 Å². The van der Waals surface area contributed by atoms with Gasteiger partial charge in [-0.1, -0.05) is 54.9 Å². The maximum absolute atomic E-state index is 12.8. The third kappa shape index (κ3) is 4.39. The lowest BCUT2D eigenvalue weighted by Gasteiger charge is -2.19. The minimum absolute atomic E-state index is 0.0519. The van der Waals surface area contributed by atoms with Crippen LogP contribution in [0.3, 0.4) is 0 Å². The molecule has 1 saturated carbocycles. The van der Waals surface area contributed by atoms with Gasteiger partial charge in [0.1, 0.15) is 0 Å². The smallest absolute Gasteiger partial charge is 0.233 e. The third-order valence-corrected chi connectivity index (χ3v) is 7.04. The molecule has 6 nitrogen and oxygen atoms in total. The van der Waals surface area contributed by atoms with E-state index >= 15 is 0 Å². The van der Waals surface area contributed by atoms with Gasteiger partial charge in [-0.2, -0.15) is 0 Å². The van der Waals surface area contributed by atoms with Crippen LogP contribution in [-0.2, 0) is 20.8 Å². The fourth-order valence-electron chi connectivity index (χ4n) is 4.48. The van der Waals surface area contributed by atoms with Crippen LogP contribution >= 0.6 is 11.8 Å². The van der Waals surface area contributed by atoms with E-state index in [1.54, 1.807) is 16.7 Å². The highest BCUT2D eigenvalue weighted by atomic mass is 32.2. The van der Waals surface area contributed by atoms with Crippen molar-refractivity contribution in [2.45, 2.75) is 38.5 Å². The van der Waals surface area contributed by atoms with Crippen LogP contribution in [0.5, 0.6) is 0 Å². The van der Waals surface area contributed by atoms with Crippen LogP contribution in [0.25, 0.3) is 0 Å². The summed E-state index contributed by atoms with van der Waals surface area (Å²) in [5.41, 5.74) is 1.23. The van der Waals surface area contributed by atoms with Gasteiger partial charge < -0.3 is 0 Å². The fraction of sp³-hybridized carbons (Fsp3) is 0.545. The van der Waals surface area contributed by atoms with Crippen molar-refractivity contribution in [1.82, 2.24) is 9.80 Å². The van der Waals surface area contributed by atoms with Gasteiger partial charge in [0, 0.05) is 31.8 Å². The lowest BCUT2D eigenvalue weighted by Crippen LogP contribution is -2.38. The van der Waals surface area contributed by atoms with Gasteiger partial charge in [-0.25, -0.2) is 0 Å². The number of benzene rings is 1. The zero-order chi connectivity index (χ0) is 20.2. The van der Waals surface area contributed by atoms with Gasteiger partial charge in [0.05, 0.1) is 11.8 Å². The molecule has 3 fully saturated rings. The van der Waals surface area contributed by atoms with Crippen molar-refractivity contribution in [1.29, 1.82) is 0 Å². The van der Waals surface area contributed by atoms with Crippen LogP contribution < -0.4 is 0 Å². The monoisotopic (exact) mass is 413 g/mol. The summed E-state index contributed by atoms with van der Waals surface area (Å²) < 4.78 is 0. The average Bonchev–Trinajstić information content (AvgIpc) is 3.31. The van der Waals surface area contributed by atoms with E-state index < -0.39 is 0 Å². The van der Waals surface area contributed by atoms with E-state index in [1.165, 1.54) is 10.5 Å². The summed E-state index contributed by atoms with van der Waals surface area (Å²) in [4.78, 5) is 45.6. The van der Waals surface area contributed by atoms with Crippen molar-refractivity contribution in [2.24, 2.45) is 16.8 Å². The van der Waals surface area contributed by atoms with E-state index in [2.05, 4.69) is 17.1 Å². The van der Waals surface area contributed by atoms with Gasteiger partial charge in [0.2, 0.25) is 17.7 Å². The molecule has 7 heteroatoms. The number of likely N-dealkylation sites (tertiary alicyclic amines) is 1.